The average Bonchev–Trinajstić information content (AvgIpc) is 3.21. The first-order valence-corrected chi connectivity index (χ1v) is 9.85. The Bertz CT molecular complexity index is 1120. The molecule has 0 saturated heterocycles. The van der Waals surface area contributed by atoms with Crippen LogP contribution in [0.5, 0.6) is 11.5 Å². The summed E-state index contributed by atoms with van der Waals surface area (Å²) < 4.78 is 21.4. The van der Waals surface area contributed by atoms with E-state index in [4.69, 9.17) is 18.7 Å². The second-order valence-corrected chi connectivity index (χ2v) is 6.81. The van der Waals surface area contributed by atoms with Crippen LogP contribution in [0, 0.1) is 6.92 Å². The van der Waals surface area contributed by atoms with Crippen molar-refractivity contribution < 1.29 is 28.3 Å². The smallest absolute Gasteiger partial charge is 0.339 e. The molecule has 32 heavy (non-hydrogen) atoms. The van der Waals surface area contributed by atoms with Crippen LogP contribution in [0.4, 0.5) is 5.82 Å². The molecule has 0 aliphatic carbocycles. The number of carbonyl (C=O) groups excluding carboxylic acids is 2. The summed E-state index contributed by atoms with van der Waals surface area (Å²) in [6.07, 6.45) is 2.39. The Hall–Kier alpha value is -4.07. The maximum absolute atomic E-state index is 13.1. The van der Waals surface area contributed by atoms with Crippen molar-refractivity contribution >= 4 is 23.8 Å². The molecule has 1 N–H and O–H groups in total. The quantitative estimate of drug-likeness (QED) is 0.516. The summed E-state index contributed by atoms with van der Waals surface area (Å²) in [6, 6.07) is 13.4. The summed E-state index contributed by atoms with van der Waals surface area (Å²) in [5.74, 6) is 0.361. The molecule has 1 heterocycles. The van der Waals surface area contributed by atoms with Crippen molar-refractivity contribution in [3.05, 3.63) is 77.1 Å². The molecule has 3 rings (SSSR count). The van der Waals surface area contributed by atoms with E-state index in [0.29, 0.717) is 28.4 Å². The highest BCUT2D eigenvalue weighted by Crippen LogP contribution is 2.34. The lowest BCUT2D eigenvalue weighted by molar-refractivity contribution is -0.125. The maximum atomic E-state index is 13.1. The number of aromatic nitrogens is 1. The molecule has 0 unspecified atom stereocenters. The highest BCUT2D eigenvalue weighted by molar-refractivity contribution is 5.98. The number of benzene rings is 2. The Morgan fingerprint density at radius 1 is 1.09 bits per heavy atom. The summed E-state index contributed by atoms with van der Waals surface area (Å²) in [5.41, 5.74) is 1.36. The van der Waals surface area contributed by atoms with Crippen molar-refractivity contribution in [1.29, 1.82) is 0 Å². The number of carbonyl (C=O) groups is 2. The largest absolute Gasteiger partial charge is 0.493 e. The van der Waals surface area contributed by atoms with E-state index >= 15 is 0 Å². The predicted octanol–water partition coefficient (Wildman–Crippen LogP) is 4.57. The number of methoxy groups -OCH3 is 2. The van der Waals surface area contributed by atoms with E-state index in [9.17, 15) is 9.59 Å². The number of anilines is 1. The van der Waals surface area contributed by atoms with Crippen LogP contribution in [0.15, 0.2) is 59.1 Å². The molecule has 0 saturated carbocycles. The number of nitrogens with zero attached hydrogens (tertiary/aromatic N) is 1. The lowest BCUT2D eigenvalue weighted by Crippen LogP contribution is -2.26. The number of hydrogen-bond acceptors (Lipinski definition) is 7. The van der Waals surface area contributed by atoms with E-state index in [0.717, 1.165) is 0 Å². The number of hydrogen-bond donors (Lipinski definition) is 1. The Balaban J connectivity index is 1.93. The Morgan fingerprint density at radius 2 is 1.84 bits per heavy atom. The van der Waals surface area contributed by atoms with Crippen LogP contribution in [0.1, 0.15) is 40.3 Å². The molecule has 8 nitrogen and oxygen atoms in total. The van der Waals surface area contributed by atoms with Crippen LogP contribution in [0.2, 0.25) is 0 Å². The molecule has 0 bridgehead atoms. The summed E-state index contributed by atoms with van der Waals surface area (Å²) in [4.78, 5) is 26.0. The van der Waals surface area contributed by atoms with Gasteiger partial charge in [-0.2, -0.15) is 0 Å². The minimum atomic E-state index is -1.21. The molecule has 3 aromatic rings. The van der Waals surface area contributed by atoms with Crippen molar-refractivity contribution in [3.8, 4) is 11.5 Å². The van der Waals surface area contributed by atoms with Crippen LogP contribution < -0.4 is 14.8 Å². The molecule has 0 aliphatic heterocycles. The van der Waals surface area contributed by atoms with Gasteiger partial charge in [0.1, 0.15) is 5.76 Å². The third-order valence-electron chi connectivity index (χ3n) is 4.53. The first-order valence-electron chi connectivity index (χ1n) is 9.85. The normalized spacial score (nSPS) is 11.8. The maximum Gasteiger partial charge on any atom is 0.339 e. The predicted molar refractivity (Wildman–Crippen MR) is 119 cm³/mol. The lowest BCUT2D eigenvalue weighted by atomic mass is 10.1. The highest BCUT2D eigenvalue weighted by atomic mass is 16.5. The molecule has 1 atom stereocenters. The summed E-state index contributed by atoms with van der Waals surface area (Å²) in [7, 11) is 3.00. The van der Waals surface area contributed by atoms with Gasteiger partial charge in [0.05, 0.1) is 19.8 Å². The molecule has 8 heteroatoms. The molecule has 166 valence electrons. The van der Waals surface area contributed by atoms with Gasteiger partial charge in [-0.1, -0.05) is 47.6 Å². The van der Waals surface area contributed by atoms with Gasteiger partial charge in [-0.15, -0.1) is 0 Å². The number of nitrogens with one attached hydrogen (secondary N) is 1. The minimum absolute atomic E-state index is 0.210. The fraction of sp³-hybridized carbons (Fsp3) is 0.208. The zero-order chi connectivity index (χ0) is 23.1. The standard InChI is InChI=1S/C24H24N2O6/c1-5-9-17-13-18(14-19(29-3)21(17)30-4)24(28)31-22(16-10-7-6-8-11-16)23(27)25-20-12-15(2)32-26-20/h5-14,22H,1-4H3,(H,25,26,27)/b9-5+/t22-/m0/s1. The van der Waals surface area contributed by atoms with Crippen molar-refractivity contribution in [2.75, 3.05) is 19.5 Å². The Kier molecular flexibility index (Phi) is 7.28. The van der Waals surface area contributed by atoms with Crippen LogP contribution in [-0.4, -0.2) is 31.3 Å². The molecule has 0 spiro atoms. The van der Waals surface area contributed by atoms with Crippen molar-refractivity contribution in [2.24, 2.45) is 0 Å². The fourth-order valence-corrected chi connectivity index (χ4v) is 3.11. The minimum Gasteiger partial charge on any atom is -0.493 e. The van der Waals surface area contributed by atoms with E-state index in [1.165, 1.54) is 20.3 Å². The average molecular weight is 436 g/mol. The SMILES string of the molecule is C/C=C/c1cc(C(=O)O[C@H](C(=O)Nc2cc(C)on2)c2ccccc2)cc(OC)c1OC. The third kappa shape index (κ3) is 5.15. The Labute approximate surface area is 185 Å². The number of allylic oxidation sites excluding steroid dienone is 1. The fourth-order valence-electron chi connectivity index (χ4n) is 3.11. The van der Waals surface area contributed by atoms with Crippen LogP contribution in [0.25, 0.3) is 6.08 Å². The summed E-state index contributed by atoms with van der Waals surface area (Å²) in [6.45, 7) is 3.55. The van der Waals surface area contributed by atoms with Crippen LogP contribution in [0.3, 0.4) is 0 Å². The second-order valence-electron chi connectivity index (χ2n) is 6.81. The second kappa shape index (κ2) is 10.3. The molecule has 0 radical (unpaired) electrons. The van der Waals surface area contributed by atoms with Gasteiger partial charge in [-0.05, 0) is 26.0 Å². The van der Waals surface area contributed by atoms with Crippen molar-refractivity contribution in [2.45, 2.75) is 20.0 Å². The zero-order valence-electron chi connectivity index (χ0n) is 18.2. The van der Waals surface area contributed by atoms with E-state index < -0.39 is 18.0 Å². The van der Waals surface area contributed by atoms with Gasteiger partial charge in [0.2, 0.25) is 6.10 Å². The lowest BCUT2D eigenvalue weighted by Gasteiger charge is -2.18. The van der Waals surface area contributed by atoms with Gasteiger partial charge in [0, 0.05) is 17.2 Å². The number of ether oxygens (including phenoxy) is 3. The van der Waals surface area contributed by atoms with E-state index in [1.807, 2.05) is 13.0 Å². The van der Waals surface area contributed by atoms with Crippen LogP contribution in [-0.2, 0) is 9.53 Å². The molecular weight excluding hydrogens is 412 g/mol. The third-order valence-corrected chi connectivity index (χ3v) is 4.53. The van der Waals surface area contributed by atoms with Crippen LogP contribution >= 0.6 is 0 Å². The molecule has 1 aromatic heterocycles. The zero-order valence-corrected chi connectivity index (χ0v) is 18.2. The van der Waals surface area contributed by atoms with Gasteiger partial charge >= 0.3 is 5.97 Å². The number of amides is 1. The first kappa shape index (κ1) is 22.6. The molecule has 2 aromatic carbocycles. The molecule has 1 amide bonds. The number of rotatable bonds is 8. The number of aryl methyl sites for hydroxylation is 1. The monoisotopic (exact) mass is 436 g/mol. The molecule has 0 aliphatic rings. The topological polar surface area (TPSA) is 99.9 Å². The van der Waals surface area contributed by atoms with E-state index in [2.05, 4.69) is 10.5 Å². The summed E-state index contributed by atoms with van der Waals surface area (Å²) >= 11 is 0. The highest BCUT2D eigenvalue weighted by Gasteiger charge is 2.27. The van der Waals surface area contributed by atoms with E-state index in [1.54, 1.807) is 55.5 Å². The summed E-state index contributed by atoms with van der Waals surface area (Å²) in [5, 5.41) is 6.37. The van der Waals surface area contributed by atoms with Gasteiger partial charge in [-0.3, -0.25) is 4.79 Å². The first-order chi connectivity index (χ1) is 15.5. The van der Waals surface area contributed by atoms with E-state index in [-0.39, 0.29) is 11.4 Å². The molecular formula is C24H24N2O6. The molecule has 0 fully saturated rings. The van der Waals surface area contributed by atoms with Gasteiger partial charge in [0.25, 0.3) is 5.91 Å². The van der Waals surface area contributed by atoms with Gasteiger partial charge in [-0.25, -0.2) is 4.79 Å². The Morgan fingerprint density at radius 3 is 2.44 bits per heavy atom. The van der Waals surface area contributed by atoms with Crippen molar-refractivity contribution in [3.63, 3.8) is 0 Å². The number of esters is 1. The van der Waals surface area contributed by atoms with Gasteiger partial charge < -0.3 is 24.1 Å². The van der Waals surface area contributed by atoms with Crippen molar-refractivity contribution in [1.82, 2.24) is 5.16 Å². The van der Waals surface area contributed by atoms with Gasteiger partial charge in [0.15, 0.2) is 17.3 Å².